The van der Waals surface area contributed by atoms with E-state index in [1.165, 1.54) is 0 Å². The van der Waals surface area contributed by atoms with Gasteiger partial charge in [-0.05, 0) is 61.7 Å². The minimum atomic E-state index is -0.357. The van der Waals surface area contributed by atoms with E-state index in [0.717, 1.165) is 37.8 Å². The average Bonchev–Trinajstić information content (AvgIpc) is 2.98. The molecule has 6 heteroatoms. The number of aliphatic hydroxyl groups excluding tert-OH is 1. The molecule has 4 aliphatic rings. The minimum Gasteiger partial charge on any atom is -0.396 e. The summed E-state index contributed by atoms with van der Waals surface area (Å²) in [6, 6.07) is 0. The molecule has 0 aromatic heterocycles. The third-order valence-electron chi connectivity index (χ3n) is 8.86. The van der Waals surface area contributed by atoms with Gasteiger partial charge in [0, 0.05) is 30.2 Å². The summed E-state index contributed by atoms with van der Waals surface area (Å²) in [5, 5.41) is 14.5. The van der Waals surface area contributed by atoms with Crippen LogP contribution in [0.15, 0.2) is 5.16 Å². The van der Waals surface area contributed by atoms with Gasteiger partial charge in [-0.15, -0.1) is 0 Å². The Morgan fingerprint density at radius 3 is 2.64 bits per heavy atom. The van der Waals surface area contributed by atoms with E-state index in [0.29, 0.717) is 37.7 Å². The monoisotopic (exact) mass is 390 g/mol. The lowest BCUT2D eigenvalue weighted by atomic mass is 9.43. The van der Waals surface area contributed by atoms with Crippen LogP contribution in [0.25, 0.3) is 0 Å². The van der Waals surface area contributed by atoms with Gasteiger partial charge in [-0.25, -0.2) is 0 Å². The van der Waals surface area contributed by atoms with Crippen molar-refractivity contribution in [2.45, 2.75) is 58.8 Å². The lowest BCUT2D eigenvalue weighted by Crippen LogP contribution is -2.61. The molecule has 4 unspecified atom stereocenters. The normalized spacial score (nSPS) is 46.9. The zero-order valence-electron chi connectivity index (χ0n) is 17.2. The Bertz CT molecular complexity index is 692. The lowest BCUT2D eigenvalue weighted by Gasteiger charge is -2.60. The van der Waals surface area contributed by atoms with Crippen molar-refractivity contribution in [2.75, 3.05) is 19.8 Å². The zero-order valence-corrected chi connectivity index (χ0v) is 17.2. The van der Waals surface area contributed by atoms with Crippen LogP contribution in [0.1, 0.15) is 58.8 Å². The number of oxime groups is 1. The summed E-state index contributed by atoms with van der Waals surface area (Å²) in [5.41, 5.74) is 6.13. The summed E-state index contributed by atoms with van der Waals surface area (Å²) in [6.45, 7) is 5.11. The molecule has 0 aromatic carbocycles. The second-order valence-electron chi connectivity index (χ2n) is 9.94. The molecule has 28 heavy (non-hydrogen) atoms. The van der Waals surface area contributed by atoms with E-state index < -0.39 is 0 Å². The first-order valence-electron chi connectivity index (χ1n) is 10.9. The fourth-order valence-corrected chi connectivity index (χ4v) is 7.24. The summed E-state index contributed by atoms with van der Waals surface area (Å²) in [5.74, 6) is 0.669. The van der Waals surface area contributed by atoms with E-state index in [4.69, 9.17) is 10.6 Å². The second-order valence-corrected chi connectivity index (χ2v) is 9.94. The highest BCUT2D eigenvalue weighted by atomic mass is 16.6. The number of fused-ring (bicyclic) bond motifs is 5. The first kappa shape index (κ1) is 20.0. The van der Waals surface area contributed by atoms with Crippen molar-refractivity contribution in [3.05, 3.63) is 0 Å². The zero-order chi connectivity index (χ0) is 20.1. The largest absolute Gasteiger partial charge is 0.396 e. The number of aliphatic hydroxyl groups is 1. The van der Waals surface area contributed by atoms with Gasteiger partial charge in [-0.2, -0.15) is 0 Å². The van der Waals surface area contributed by atoms with E-state index >= 15 is 0 Å². The quantitative estimate of drug-likeness (QED) is 0.567. The van der Waals surface area contributed by atoms with Crippen LogP contribution in [0.2, 0.25) is 0 Å². The SMILES string of the molecule is C[C@]12CC/C(=N/OCCN)CC1[C@@H](CO)C(=O)C1C2CC[C@]2(C)C(=O)CCC12. The van der Waals surface area contributed by atoms with E-state index in [1.54, 1.807) is 0 Å². The molecule has 0 aliphatic heterocycles. The molecule has 7 atom stereocenters. The van der Waals surface area contributed by atoms with Gasteiger partial charge in [0.05, 0.1) is 12.3 Å². The molecule has 4 fully saturated rings. The van der Waals surface area contributed by atoms with Gasteiger partial charge in [-0.1, -0.05) is 19.0 Å². The van der Waals surface area contributed by atoms with Crippen LogP contribution in [-0.2, 0) is 14.4 Å². The van der Waals surface area contributed by atoms with Crippen LogP contribution < -0.4 is 5.73 Å². The maximum atomic E-state index is 13.6. The van der Waals surface area contributed by atoms with E-state index in [-0.39, 0.29) is 46.9 Å². The molecule has 0 heterocycles. The Balaban J connectivity index is 1.65. The van der Waals surface area contributed by atoms with Crippen molar-refractivity contribution >= 4 is 17.3 Å². The third-order valence-corrected chi connectivity index (χ3v) is 8.86. The fourth-order valence-electron chi connectivity index (χ4n) is 7.24. The van der Waals surface area contributed by atoms with Gasteiger partial charge in [0.15, 0.2) is 0 Å². The summed E-state index contributed by atoms with van der Waals surface area (Å²) in [4.78, 5) is 31.5. The van der Waals surface area contributed by atoms with Crippen molar-refractivity contribution in [1.82, 2.24) is 0 Å². The number of hydrogen-bond donors (Lipinski definition) is 2. The standard InChI is InChI=1S/C22H34N2O4/c1-21-7-5-13(24-28-10-9-23)11-17(21)14(12-25)20(27)19-15-3-4-18(26)22(15,2)8-6-16(19)21/h14-17,19,25H,3-12,23H2,1-2H3/b24-13-/t14-,15?,16?,17?,19?,21-,22+/m1/s1. The molecule has 0 spiro atoms. The van der Waals surface area contributed by atoms with Crippen molar-refractivity contribution in [2.24, 2.45) is 51.3 Å². The van der Waals surface area contributed by atoms with Gasteiger partial charge < -0.3 is 15.7 Å². The second kappa shape index (κ2) is 7.21. The van der Waals surface area contributed by atoms with Gasteiger partial charge in [0.25, 0.3) is 0 Å². The van der Waals surface area contributed by atoms with Crippen LogP contribution in [0.3, 0.4) is 0 Å². The summed E-state index contributed by atoms with van der Waals surface area (Å²) in [7, 11) is 0. The first-order valence-corrected chi connectivity index (χ1v) is 10.9. The summed E-state index contributed by atoms with van der Waals surface area (Å²) in [6.07, 6.45) is 5.83. The number of carbonyl (C=O) groups excluding carboxylic acids is 2. The lowest BCUT2D eigenvalue weighted by molar-refractivity contribution is -0.166. The van der Waals surface area contributed by atoms with Crippen LogP contribution in [-0.4, -0.2) is 42.1 Å². The Hall–Kier alpha value is -1.27. The average molecular weight is 391 g/mol. The van der Waals surface area contributed by atoms with Crippen LogP contribution in [0.4, 0.5) is 0 Å². The highest BCUT2D eigenvalue weighted by Gasteiger charge is 2.64. The summed E-state index contributed by atoms with van der Waals surface area (Å²) < 4.78 is 0. The van der Waals surface area contributed by atoms with Gasteiger partial charge in [-0.3, -0.25) is 9.59 Å². The number of nitrogens with two attached hydrogens (primary N) is 1. The number of nitrogens with zero attached hydrogens (tertiary/aromatic N) is 1. The third kappa shape index (κ3) is 2.78. The van der Waals surface area contributed by atoms with Crippen LogP contribution >= 0.6 is 0 Å². The van der Waals surface area contributed by atoms with Gasteiger partial charge >= 0.3 is 0 Å². The van der Waals surface area contributed by atoms with E-state index in [2.05, 4.69) is 19.0 Å². The number of Topliss-reactive ketones (excluding diaryl/α,β-unsaturated/α-hetero) is 2. The molecular weight excluding hydrogens is 356 g/mol. The molecular formula is C22H34N2O4. The van der Waals surface area contributed by atoms with Crippen molar-refractivity contribution < 1.29 is 19.5 Å². The molecule has 3 N–H and O–H groups in total. The smallest absolute Gasteiger partial charge is 0.142 e. The molecule has 4 rings (SSSR count). The Kier molecular flexibility index (Phi) is 5.15. The van der Waals surface area contributed by atoms with Crippen LogP contribution in [0, 0.1) is 40.4 Å². The van der Waals surface area contributed by atoms with Gasteiger partial charge in [0.1, 0.15) is 18.2 Å². The number of carbonyl (C=O) groups is 2. The molecule has 0 saturated heterocycles. The first-order chi connectivity index (χ1) is 13.4. The molecule has 4 saturated carbocycles. The molecule has 0 radical (unpaired) electrons. The molecule has 0 amide bonds. The highest BCUT2D eigenvalue weighted by molar-refractivity contribution is 5.93. The predicted octanol–water partition coefficient (Wildman–Crippen LogP) is 2.33. The van der Waals surface area contributed by atoms with E-state index in [1.807, 2.05) is 0 Å². The van der Waals surface area contributed by atoms with Crippen molar-refractivity contribution in [1.29, 1.82) is 0 Å². The fraction of sp³-hybridized carbons (Fsp3) is 0.864. The maximum Gasteiger partial charge on any atom is 0.142 e. The van der Waals surface area contributed by atoms with Crippen molar-refractivity contribution in [3.63, 3.8) is 0 Å². The number of rotatable bonds is 4. The molecule has 0 bridgehead atoms. The topological polar surface area (TPSA) is 102 Å². The highest BCUT2D eigenvalue weighted by Crippen LogP contribution is 2.65. The predicted molar refractivity (Wildman–Crippen MR) is 106 cm³/mol. The molecule has 0 aromatic rings. The Morgan fingerprint density at radius 1 is 1.14 bits per heavy atom. The van der Waals surface area contributed by atoms with E-state index in [9.17, 15) is 14.7 Å². The summed E-state index contributed by atoms with van der Waals surface area (Å²) >= 11 is 0. The molecule has 156 valence electrons. The number of ketones is 2. The molecule has 6 nitrogen and oxygen atoms in total. The number of hydrogen-bond acceptors (Lipinski definition) is 6. The Morgan fingerprint density at radius 2 is 1.93 bits per heavy atom. The van der Waals surface area contributed by atoms with Gasteiger partial charge in [0.2, 0.25) is 0 Å². The van der Waals surface area contributed by atoms with Crippen molar-refractivity contribution in [3.8, 4) is 0 Å². The molecule has 4 aliphatic carbocycles. The van der Waals surface area contributed by atoms with Crippen LogP contribution in [0.5, 0.6) is 0 Å². The minimum absolute atomic E-state index is 0.00578. The maximum absolute atomic E-state index is 13.6. The Labute approximate surface area is 167 Å².